The minimum Gasteiger partial charge on any atom is -0.258 e. The van der Waals surface area contributed by atoms with Crippen molar-refractivity contribution in [3.63, 3.8) is 0 Å². The molecule has 0 unspecified atom stereocenters. The largest absolute Gasteiger partial charge is 0.270 e. The summed E-state index contributed by atoms with van der Waals surface area (Å²) in [5, 5.41) is 10.7. The van der Waals surface area contributed by atoms with Crippen molar-refractivity contribution in [1.82, 2.24) is 0 Å². The van der Waals surface area contributed by atoms with E-state index < -0.39 is 0 Å². The Bertz CT molecular complexity index is 549. The molecule has 0 aliphatic heterocycles. The highest BCUT2D eigenvalue weighted by Gasteiger charge is 2.08. The molecule has 0 atom stereocenters. The summed E-state index contributed by atoms with van der Waals surface area (Å²) in [5.74, 6) is 0. The standard InChI is InChI=1S/C14H13NO2/c1-2-11-6-3-4-9-14(11)12-7-5-8-13(10-12)15(16)17/h3-10H,2H2,1H3. The minimum absolute atomic E-state index is 0.133. The number of aryl methyl sites for hydroxylation is 1. The lowest BCUT2D eigenvalue weighted by atomic mass is 9.98. The number of non-ortho nitro benzene ring substituents is 1. The van der Waals surface area contributed by atoms with Gasteiger partial charge in [0, 0.05) is 12.1 Å². The monoisotopic (exact) mass is 227 g/mol. The molecule has 2 rings (SSSR count). The van der Waals surface area contributed by atoms with Gasteiger partial charge >= 0.3 is 0 Å². The number of nitro benzene ring substituents is 1. The zero-order valence-corrected chi connectivity index (χ0v) is 9.59. The molecule has 0 aliphatic carbocycles. The first-order valence-electron chi connectivity index (χ1n) is 5.55. The molecule has 3 nitrogen and oxygen atoms in total. The van der Waals surface area contributed by atoms with Crippen molar-refractivity contribution in [2.24, 2.45) is 0 Å². The molecule has 0 N–H and O–H groups in total. The Morgan fingerprint density at radius 2 is 1.88 bits per heavy atom. The predicted octanol–water partition coefficient (Wildman–Crippen LogP) is 3.82. The van der Waals surface area contributed by atoms with E-state index in [0.717, 1.165) is 17.5 Å². The average molecular weight is 227 g/mol. The quantitative estimate of drug-likeness (QED) is 0.590. The van der Waals surface area contributed by atoms with Crippen molar-refractivity contribution in [1.29, 1.82) is 0 Å². The predicted molar refractivity (Wildman–Crippen MR) is 67.9 cm³/mol. The van der Waals surface area contributed by atoms with Crippen LogP contribution in [0.3, 0.4) is 0 Å². The molecule has 3 heteroatoms. The molecular weight excluding hydrogens is 214 g/mol. The fraction of sp³-hybridized carbons (Fsp3) is 0.143. The summed E-state index contributed by atoms with van der Waals surface area (Å²) in [6.45, 7) is 2.08. The third-order valence-electron chi connectivity index (χ3n) is 2.77. The van der Waals surface area contributed by atoms with Crippen molar-refractivity contribution >= 4 is 5.69 Å². The Balaban J connectivity index is 2.52. The highest BCUT2D eigenvalue weighted by atomic mass is 16.6. The molecule has 2 aromatic rings. The van der Waals surface area contributed by atoms with E-state index in [0.29, 0.717) is 0 Å². The normalized spacial score (nSPS) is 10.2. The van der Waals surface area contributed by atoms with E-state index in [-0.39, 0.29) is 10.6 Å². The van der Waals surface area contributed by atoms with Crippen LogP contribution in [0.4, 0.5) is 5.69 Å². The van der Waals surface area contributed by atoms with Crippen LogP contribution in [0.15, 0.2) is 48.5 Å². The molecule has 0 bridgehead atoms. The molecule has 0 aromatic heterocycles. The number of nitrogens with zero attached hydrogens (tertiary/aromatic N) is 1. The first-order chi connectivity index (χ1) is 8.22. The van der Waals surface area contributed by atoms with Gasteiger partial charge in [0.05, 0.1) is 4.92 Å². The first kappa shape index (κ1) is 11.3. The van der Waals surface area contributed by atoms with Crippen molar-refractivity contribution in [2.45, 2.75) is 13.3 Å². The molecule has 0 radical (unpaired) electrons. The fourth-order valence-corrected chi connectivity index (χ4v) is 1.90. The average Bonchev–Trinajstić information content (AvgIpc) is 2.39. The smallest absolute Gasteiger partial charge is 0.258 e. The maximum atomic E-state index is 10.7. The Kier molecular flexibility index (Phi) is 3.19. The van der Waals surface area contributed by atoms with E-state index in [1.54, 1.807) is 12.1 Å². The van der Waals surface area contributed by atoms with Gasteiger partial charge in [-0.3, -0.25) is 10.1 Å². The number of benzene rings is 2. The van der Waals surface area contributed by atoms with E-state index in [1.165, 1.54) is 11.6 Å². The topological polar surface area (TPSA) is 43.1 Å². The van der Waals surface area contributed by atoms with Gasteiger partial charge in [0.2, 0.25) is 0 Å². The molecular formula is C14H13NO2. The minimum atomic E-state index is -0.363. The third kappa shape index (κ3) is 2.33. The number of hydrogen-bond donors (Lipinski definition) is 0. The second kappa shape index (κ2) is 4.78. The zero-order valence-electron chi connectivity index (χ0n) is 9.59. The van der Waals surface area contributed by atoms with Crippen LogP contribution in [-0.2, 0) is 6.42 Å². The van der Waals surface area contributed by atoms with E-state index >= 15 is 0 Å². The zero-order chi connectivity index (χ0) is 12.3. The highest BCUT2D eigenvalue weighted by Crippen LogP contribution is 2.27. The van der Waals surface area contributed by atoms with Crippen LogP contribution in [0.5, 0.6) is 0 Å². The molecule has 0 saturated carbocycles. The van der Waals surface area contributed by atoms with E-state index in [9.17, 15) is 10.1 Å². The van der Waals surface area contributed by atoms with Gasteiger partial charge in [-0.2, -0.15) is 0 Å². The molecule has 0 aliphatic rings. The molecule has 0 saturated heterocycles. The molecule has 0 heterocycles. The maximum absolute atomic E-state index is 10.7. The van der Waals surface area contributed by atoms with Gasteiger partial charge < -0.3 is 0 Å². The summed E-state index contributed by atoms with van der Waals surface area (Å²) in [7, 11) is 0. The second-order valence-electron chi connectivity index (χ2n) is 3.82. The summed E-state index contributed by atoms with van der Waals surface area (Å²) in [5.41, 5.74) is 3.30. The molecule has 86 valence electrons. The van der Waals surface area contributed by atoms with Crippen LogP contribution in [0.25, 0.3) is 11.1 Å². The molecule has 17 heavy (non-hydrogen) atoms. The van der Waals surface area contributed by atoms with Gasteiger partial charge in [-0.1, -0.05) is 43.3 Å². The summed E-state index contributed by atoms with van der Waals surface area (Å²) < 4.78 is 0. The maximum Gasteiger partial charge on any atom is 0.270 e. The Labute approximate surface area is 99.9 Å². The number of hydrogen-bond acceptors (Lipinski definition) is 2. The van der Waals surface area contributed by atoms with E-state index in [4.69, 9.17) is 0 Å². The Morgan fingerprint density at radius 3 is 2.59 bits per heavy atom. The lowest BCUT2D eigenvalue weighted by Crippen LogP contribution is -1.90. The van der Waals surface area contributed by atoms with E-state index in [2.05, 4.69) is 6.92 Å². The third-order valence-corrected chi connectivity index (χ3v) is 2.77. The van der Waals surface area contributed by atoms with E-state index in [1.807, 2.05) is 30.3 Å². The lowest BCUT2D eigenvalue weighted by molar-refractivity contribution is -0.384. The van der Waals surface area contributed by atoms with Gasteiger partial charge in [0.1, 0.15) is 0 Å². The van der Waals surface area contributed by atoms with Crippen molar-refractivity contribution < 1.29 is 4.92 Å². The van der Waals surface area contributed by atoms with Crippen LogP contribution in [0, 0.1) is 10.1 Å². The SMILES string of the molecule is CCc1ccccc1-c1cccc([N+](=O)[O-])c1. The summed E-state index contributed by atoms with van der Waals surface area (Å²) in [4.78, 5) is 10.4. The van der Waals surface area contributed by atoms with Crippen LogP contribution in [-0.4, -0.2) is 4.92 Å². The first-order valence-corrected chi connectivity index (χ1v) is 5.55. The molecule has 0 spiro atoms. The van der Waals surface area contributed by atoms with Crippen molar-refractivity contribution in [3.8, 4) is 11.1 Å². The van der Waals surface area contributed by atoms with Crippen LogP contribution >= 0.6 is 0 Å². The van der Waals surface area contributed by atoms with Crippen molar-refractivity contribution in [3.05, 3.63) is 64.2 Å². The molecule has 2 aromatic carbocycles. The van der Waals surface area contributed by atoms with Gasteiger partial charge in [0.15, 0.2) is 0 Å². The Morgan fingerprint density at radius 1 is 1.12 bits per heavy atom. The lowest BCUT2D eigenvalue weighted by Gasteiger charge is -2.07. The van der Waals surface area contributed by atoms with Crippen LogP contribution in [0.1, 0.15) is 12.5 Å². The molecule has 0 amide bonds. The summed E-state index contributed by atoms with van der Waals surface area (Å²) >= 11 is 0. The van der Waals surface area contributed by atoms with Gasteiger partial charge in [0.25, 0.3) is 5.69 Å². The highest BCUT2D eigenvalue weighted by molar-refractivity contribution is 5.69. The van der Waals surface area contributed by atoms with Gasteiger partial charge in [-0.15, -0.1) is 0 Å². The summed E-state index contributed by atoms with van der Waals surface area (Å²) in [6, 6.07) is 14.7. The molecule has 0 fully saturated rings. The van der Waals surface area contributed by atoms with Crippen LogP contribution in [0.2, 0.25) is 0 Å². The number of rotatable bonds is 3. The van der Waals surface area contributed by atoms with Crippen LogP contribution < -0.4 is 0 Å². The van der Waals surface area contributed by atoms with Gasteiger partial charge in [-0.05, 0) is 23.1 Å². The summed E-state index contributed by atoms with van der Waals surface area (Å²) in [6.07, 6.45) is 0.916. The van der Waals surface area contributed by atoms with Crippen molar-refractivity contribution in [2.75, 3.05) is 0 Å². The number of nitro groups is 1. The van der Waals surface area contributed by atoms with Gasteiger partial charge in [-0.25, -0.2) is 0 Å². The Hall–Kier alpha value is -2.16. The fourth-order valence-electron chi connectivity index (χ4n) is 1.90. The second-order valence-corrected chi connectivity index (χ2v) is 3.82.